The third-order valence-corrected chi connectivity index (χ3v) is 4.16. The predicted molar refractivity (Wildman–Crippen MR) is 80.9 cm³/mol. The molecule has 3 nitrogen and oxygen atoms in total. The number of hydrogen-bond acceptors (Lipinski definition) is 2. The number of aromatic nitrogens is 1. The molecule has 0 fully saturated rings. The first-order valence-corrected chi connectivity index (χ1v) is 7.40. The monoisotopic (exact) mass is 264 g/mol. The van der Waals surface area contributed by atoms with Crippen LogP contribution in [0.2, 0.25) is 0 Å². The van der Waals surface area contributed by atoms with Crippen LogP contribution in [0, 0.1) is 13.8 Å². The zero-order valence-electron chi connectivity index (χ0n) is 13.3. The number of rotatable bonds is 7. The Morgan fingerprint density at radius 2 is 1.95 bits per heavy atom. The zero-order chi connectivity index (χ0) is 14.6. The molecule has 0 bridgehead atoms. The van der Waals surface area contributed by atoms with Gasteiger partial charge in [-0.3, -0.25) is 9.69 Å². The maximum Gasteiger partial charge on any atom is 0.178 e. The summed E-state index contributed by atoms with van der Waals surface area (Å²) in [4.78, 5) is 14.7. The van der Waals surface area contributed by atoms with Gasteiger partial charge in [-0.1, -0.05) is 13.8 Å². The van der Waals surface area contributed by atoms with Gasteiger partial charge in [0.25, 0.3) is 0 Å². The number of ketones is 1. The van der Waals surface area contributed by atoms with Crippen molar-refractivity contribution in [3.8, 4) is 0 Å². The summed E-state index contributed by atoms with van der Waals surface area (Å²) >= 11 is 0. The number of nitrogens with zero attached hydrogens (tertiary/aromatic N) is 2. The SMILES string of the molecule is CCC(C)N(CC)CC(=O)c1cc(C)n(CC)c1C. The molecule has 3 heteroatoms. The molecule has 1 aromatic heterocycles. The van der Waals surface area contributed by atoms with Crippen LogP contribution in [0.3, 0.4) is 0 Å². The van der Waals surface area contributed by atoms with E-state index in [-0.39, 0.29) is 5.78 Å². The van der Waals surface area contributed by atoms with Gasteiger partial charge in [0.05, 0.1) is 6.54 Å². The molecule has 1 atom stereocenters. The predicted octanol–water partition coefficient (Wildman–Crippen LogP) is 3.43. The summed E-state index contributed by atoms with van der Waals surface area (Å²) in [5.41, 5.74) is 3.17. The number of carbonyl (C=O) groups is 1. The molecule has 1 unspecified atom stereocenters. The second kappa shape index (κ2) is 6.90. The van der Waals surface area contributed by atoms with E-state index in [4.69, 9.17) is 0 Å². The molecule has 0 spiro atoms. The Hall–Kier alpha value is -1.09. The summed E-state index contributed by atoms with van der Waals surface area (Å²) in [6.45, 7) is 15.1. The van der Waals surface area contributed by atoms with Crippen LogP contribution in [0.4, 0.5) is 0 Å². The number of Topliss-reactive ketones (excluding diaryl/α,β-unsaturated/α-hetero) is 1. The first-order chi connectivity index (χ1) is 8.96. The molecular weight excluding hydrogens is 236 g/mol. The van der Waals surface area contributed by atoms with Gasteiger partial charge in [-0.05, 0) is 46.7 Å². The fraction of sp³-hybridized carbons (Fsp3) is 0.688. The Labute approximate surface area is 117 Å². The van der Waals surface area contributed by atoms with Gasteiger partial charge in [0.2, 0.25) is 0 Å². The number of hydrogen-bond donors (Lipinski definition) is 0. The van der Waals surface area contributed by atoms with Crippen LogP contribution in [0.5, 0.6) is 0 Å². The van der Waals surface area contributed by atoms with Gasteiger partial charge in [-0.2, -0.15) is 0 Å². The van der Waals surface area contributed by atoms with Crippen molar-refractivity contribution in [3.63, 3.8) is 0 Å². The molecule has 1 aromatic rings. The summed E-state index contributed by atoms with van der Waals surface area (Å²) < 4.78 is 2.20. The topological polar surface area (TPSA) is 25.2 Å². The van der Waals surface area contributed by atoms with Gasteiger partial charge >= 0.3 is 0 Å². The molecule has 1 rings (SSSR count). The lowest BCUT2D eigenvalue weighted by Gasteiger charge is -2.26. The first kappa shape index (κ1) is 16.0. The average Bonchev–Trinajstić information content (AvgIpc) is 2.69. The summed E-state index contributed by atoms with van der Waals surface area (Å²) in [7, 11) is 0. The highest BCUT2D eigenvalue weighted by molar-refractivity contribution is 5.99. The van der Waals surface area contributed by atoms with E-state index in [1.807, 2.05) is 13.0 Å². The molecule has 1 heterocycles. The van der Waals surface area contributed by atoms with Gasteiger partial charge in [-0.25, -0.2) is 0 Å². The maximum atomic E-state index is 12.5. The Bertz CT molecular complexity index is 434. The summed E-state index contributed by atoms with van der Waals surface area (Å²) in [6, 6.07) is 2.50. The van der Waals surface area contributed by atoms with Crippen LogP contribution in [0.1, 0.15) is 55.9 Å². The van der Waals surface area contributed by atoms with Crippen molar-refractivity contribution in [2.45, 2.75) is 60.5 Å². The van der Waals surface area contributed by atoms with Gasteiger partial charge in [0.15, 0.2) is 5.78 Å². The molecule has 0 saturated heterocycles. The lowest BCUT2D eigenvalue weighted by molar-refractivity contribution is 0.0902. The second-order valence-corrected chi connectivity index (χ2v) is 5.27. The summed E-state index contributed by atoms with van der Waals surface area (Å²) in [6.07, 6.45) is 1.08. The van der Waals surface area contributed by atoms with Crippen LogP contribution in [0.15, 0.2) is 6.07 Å². The summed E-state index contributed by atoms with van der Waals surface area (Å²) in [5, 5.41) is 0. The van der Waals surface area contributed by atoms with E-state index in [0.29, 0.717) is 12.6 Å². The largest absolute Gasteiger partial charge is 0.349 e. The van der Waals surface area contributed by atoms with E-state index in [1.54, 1.807) is 0 Å². The highest BCUT2D eigenvalue weighted by Crippen LogP contribution is 2.16. The minimum Gasteiger partial charge on any atom is -0.349 e. The Balaban J connectivity index is 2.89. The highest BCUT2D eigenvalue weighted by atomic mass is 16.1. The van der Waals surface area contributed by atoms with Gasteiger partial charge in [0, 0.05) is 29.5 Å². The molecule has 0 N–H and O–H groups in total. The lowest BCUT2D eigenvalue weighted by atomic mass is 10.1. The van der Waals surface area contributed by atoms with E-state index in [1.165, 1.54) is 5.69 Å². The molecule has 0 radical (unpaired) electrons. The lowest BCUT2D eigenvalue weighted by Crippen LogP contribution is -2.37. The van der Waals surface area contributed by atoms with Crippen molar-refractivity contribution in [2.75, 3.05) is 13.1 Å². The van der Waals surface area contributed by atoms with Crippen molar-refractivity contribution in [1.29, 1.82) is 0 Å². The van der Waals surface area contributed by atoms with E-state index >= 15 is 0 Å². The zero-order valence-corrected chi connectivity index (χ0v) is 13.3. The molecule has 19 heavy (non-hydrogen) atoms. The van der Waals surface area contributed by atoms with Crippen molar-refractivity contribution in [3.05, 3.63) is 23.0 Å². The van der Waals surface area contributed by atoms with Gasteiger partial charge in [-0.15, -0.1) is 0 Å². The number of carbonyl (C=O) groups excluding carboxylic acids is 1. The molecule has 0 aromatic carbocycles. The van der Waals surface area contributed by atoms with Crippen LogP contribution < -0.4 is 0 Å². The van der Waals surface area contributed by atoms with Gasteiger partial charge < -0.3 is 4.57 Å². The fourth-order valence-corrected chi connectivity index (χ4v) is 2.68. The minimum absolute atomic E-state index is 0.245. The molecular formula is C16H28N2O. The van der Waals surface area contributed by atoms with Crippen molar-refractivity contribution < 1.29 is 4.79 Å². The molecule has 0 aliphatic heterocycles. The van der Waals surface area contributed by atoms with Crippen molar-refractivity contribution >= 4 is 5.78 Å². The van der Waals surface area contributed by atoms with Gasteiger partial charge in [0.1, 0.15) is 0 Å². The third kappa shape index (κ3) is 3.47. The molecule has 0 aliphatic rings. The molecule has 0 saturated carbocycles. The normalized spacial score (nSPS) is 13.0. The Morgan fingerprint density at radius 1 is 1.32 bits per heavy atom. The molecule has 108 valence electrons. The molecule has 0 aliphatic carbocycles. The van der Waals surface area contributed by atoms with Crippen LogP contribution in [-0.2, 0) is 6.54 Å². The standard InChI is InChI=1S/C16H28N2O/c1-7-12(4)17(8-2)11-16(19)15-10-13(5)18(9-3)14(15)6/h10,12H,7-9,11H2,1-6H3. The van der Waals surface area contributed by atoms with E-state index in [2.05, 4.69) is 44.1 Å². The quantitative estimate of drug-likeness (QED) is 0.705. The average molecular weight is 264 g/mol. The maximum absolute atomic E-state index is 12.5. The van der Waals surface area contributed by atoms with Crippen LogP contribution in [-0.4, -0.2) is 34.4 Å². The minimum atomic E-state index is 0.245. The van der Waals surface area contributed by atoms with Crippen molar-refractivity contribution in [1.82, 2.24) is 9.47 Å². The summed E-state index contributed by atoms with van der Waals surface area (Å²) in [5.74, 6) is 0.245. The fourth-order valence-electron chi connectivity index (χ4n) is 2.68. The van der Waals surface area contributed by atoms with Crippen LogP contribution >= 0.6 is 0 Å². The Morgan fingerprint density at radius 3 is 2.37 bits per heavy atom. The highest BCUT2D eigenvalue weighted by Gasteiger charge is 2.19. The molecule has 0 amide bonds. The van der Waals surface area contributed by atoms with Crippen molar-refractivity contribution in [2.24, 2.45) is 0 Å². The number of aryl methyl sites for hydroxylation is 1. The second-order valence-electron chi connectivity index (χ2n) is 5.27. The van der Waals surface area contributed by atoms with E-state index in [9.17, 15) is 4.79 Å². The third-order valence-electron chi connectivity index (χ3n) is 4.16. The van der Waals surface area contributed by atoms with E-state index < -0.39 is 0 Å². The first-order valence-electron chi connectivity index (χ1n) is 7.40. The van der Waals surface area contributed by atoms with E-state index in [0.717, 1.165) is 30.8 Å². The smallest absolute Gasteiger partial charge is 0.178 e. The van der Waals surface area contributed by atoms with Crippen LogP contribution in [0.25, 0.3) is 0 Å². The Kier molecular flexibility index (Phi) is 5.80. The number of likely N-dealkylation sites (N-methyl/N-ethyl adjacent to an activating group) is 1.